The first kappa shape index (κ1) is 15.1. The summed E-state index contributed by atoms with van der Waals surface area (Å²) in [5.41, 5.74) is 3.37. The lowest BCUT2D eigenvalue weighted by atomic mass is 9.85. The van der Waals surface area contributed by atoms with Crippen LogP contribution in [0.1, 0.15) is 55.0 Å². The van der Waals surface area contributed by atoms with Crippen molar-refractivity contribution in [1.82, 2.24) is 10.3 Å². The Kier molecular flexibility index (Phi) is 4.50. The summed E-state index contributed by atoms with van der Waals surface area (Å²) < 4.78 is 5.63. The van der Waals surface area contributed by atoms with Crippen molar-refractivity contribution in [2.75, 3.05) is 13.1 Å². The molecular formula is C15H25N3O2. The van der Waals surface area contributed by atoms with E-state index in [-0.39, 0.29) is 5.91 Å². The zero-order valence-electron chi connectivity index (χ0n) is 12.7. The van der Waals surface area contributed by atoms with Gasteiger partial charge in [-0.1, -0.05) is 13.8 Å². The Hall–Kier alpha value is -1.33. The summed E-state index contributed by atoms with van der Waals surface area (Å²) in [4.78, 5) is 13.9. The molecule has 0 radical (unpaired) electrons. The maximum atomic E-state index is 11.5. The van der Waals surface area contributed by atoms with E-state index in [1.54, 1.807) is 0 Å². The minimum atomic E-state index is -0.370. The van der Waals surface area contributed by atoms with E-state index in [1.165, 1.54) is 19.3 Å². The van der Waals surface area contributed by atoms with Crippen LogP contribution in [0.2, 0.25) is 0 Å². The molecule has 1 aromatic rings. The van der Waals surface area contributed by atoms with Crippen molar-refractivity contribution in [2.45, 2.75) is 46.6 Å². The van der Waals surface area contributed by atoms with E-state index in [1.807, 2.05) is 13.0 Å². The van der Waals surface area contributed by atoms with Crippen LogP contribution in [0.3, 0.4) is 0 Å². The number of hydrogen-bond donors (Lipinski definition) is 2. The molecule has 0 aromatic carbocycles. The molecule has 0 unspecified atom stereocenters. The predicted octanol–water partition coefficient (Wildman–Crippen LogP) is 2.20. The highest BCUT2D eigenvalue weighted by Gasteiger charge is 2.24. The standard InChI is InChI=1S/C15H25N3O2/c1-11-9-12(20-13(11)14(19)17-16)10-18-7-4-5-15(2,3)6-8-18/h9H,4-8,10,16H2,1-3H3,(H,17,19). The fourth-order valence-electron chi connectivity index (χ4n) is 2.77. The van der Waals surface area contributed by atoms with Crippen LogP contribution in [0.15, 0.2) is 10.5 Å². The third-order valence-electron chi connectivity index (χ3n) is 4.12. The Balaban J connectivity index is 2.01. The number of likely N-dealkylation sites (tertiary alicyclic amines) is 1. The predicted molar refractivity (Wildman–Crippen MR) is 78.0 cm³/mol. The summed E-state index contributed by atoms with van der Waals surface area (Å²) in [5, 5.41) is 0. The summed E-state index contributed by atoms with van der Waals surface area (Å²) in [6.45, 7) is 9.44. The first-order valence-corrected chi connectivity index (χ1v) is 7.24. The number of carbonyl (C=O) groups excluding carboxylic acids is 1. The highest BCUT2D eigenvalue weighted by atomic mass is 16.4. The van der Waals surface area contributed by atoms with Gasteiger partial charge < -0.3 is 4.42 Å². The largest absolute Gasteiger partial charge is 0.454 e. The average Bonchev–Trinajstić information content (AvgIpc) is 2.66. The molecule has 112 valence electrons. The van der Waals surface area contributed by atoms with Gasteiger partial charge in [-0.05, 0) is 50.8 Å². The molecule has 2 heterocycles. The summed E-state index contributed by atoms with van der Waals surface area (Å²) >= 11 is 0. The molecule has 1 aromatic heterocycles. The lowest BCUT2D eigenvalue weighted by Gasteiger charge is -2.22. The molecule has 0 saturated carbocycles. The summed E-state index contributed by atoms with van der Waals surface area (Å²) in [6, 6.07) is 1.93. The second-order valence-corrected chi connectivity index (χ2v) is 6.49. The van der Waals surface area contributed by atoms with Crippen LogP contribution in [0.5, 0.6) is 0 Å². The second-order valence-electron chi connectivity index (χ2n) is 6.49. The number of rotatable bonds is 3. The van der Waals surface area contributed by atoms with Gasteiger partial charge in [-0.25, -0.2) is 5.84 Å². The molecule has 1 amide bonds. The number of hydrazine groups is 1. The third-order valence-corrected chi connectivity index (χ3v) is 4.12. The number of nitrogen functional groups attached to an aromatic ring is 1. The van der Waals surface area contributed by atoms with Crippen molar-refractivity contribution in [2.24, 2.45) is 11.3 Å². The van der Waals surface area contributed by atoms with Crippen LogP contribution < -0.4 is 11.3 Å². The van der Waals surface area contributed by atoms with Crippen molar-refractivity contribution in [3.8, 4) is 0 Å². The quantitative estimate of drug-likeness (QED) is 0.505. The number of nitrogens with two attached hydrogens (primary N) is 1. The number of carbonyl (C=O) groups is 1. The molecule has 1 fully saturated rings. The van der Waals surface area contributed by atoms with Gasteiger partial charge in [0.2, 0.25) is 0 Å². The molecule has 1 saturated heterocycles. The highest BCUT2D eigenvalue weighted by molar-refractivity contribution is 5.92. The fourth-order valence-corrected chi connectivity index (χ4v) is 2.77. The summed E-state index contributed by atoms with van der Waals surface area (Å²) in [7, 11) is 0. The van der Waals surface area contributed by atoms with E-state index in [4.69, 9.17) is 10.3 Å². The SMILES string of the molecule is Cc1cc(CN2CCCC(C)(C)CC2)oc1C(=O)NN. The van der Waals surface area contributed by atoms with Gasteiger partial charge in [0, 0.05) is 5.56 Å². The Morgan fingerprint density at radius 2 is 2.20 bits per heavy atom. The zero-order chi connectivity index (χ0) is 14.8. The molecule has 5 heteroatoms. The van der Waals surface area contributed by atoms with Crippen molar-refractivity contribution >= 4 is 5.91 Å². The Morgan fingerprint density at radius 1 is 1.45 bits per heavy atom. The first-order chi connectivity index (χ1) is 9.41. The van der Waals surface area contributed by atoms with Crippen LogP contribution in [0.4, 0.5) is 0 Å². The van der Waals surface area contributed by atoms with E-state index in [2.05, 4.69) is 24.2 Å². The van der Waals surface area contributed by atoms with Gasteiger partial charge in [0.25, 0.3) is 0 Å². The van der Waals surface area contributed by atoms with Crippen LogP contribution in [-0.4, -0.2) is 23.9 Å². The first-order valence-electron chi connectivity index (χ1n) is 7.24. The van der Waals surface area contributed by atoms with E-state index >= 15 is 0 Å². The molecule has 1 aliphatic rings. The lowest BCUT2D eigenvalue weighted by Crippen LogP contribution is -2.30. The van der Waals surface area contributed by atoms with Gasteiger partial charge in [0.15, 0.2) is 5.76 Å². The Bertz CT molecular complexity index is 479. The maximum Gasteiger partial charge on any atom is 0.301 e. The molecular weight excluding hydrogens is 254 g/mol. The zero-order valence-corrected chi connectivity index (χ0v) is 12.7. The number of amides is 1. The van der Waals surface area contributed by atoms with Gasteiger partial charge >= 0.3 is 5.91 Å². The van der Waals surface area contributed by atoms with Crippen LogP contribution >= 0.6 is 0 Å². The van der Waals surface area contributed by atoms with E-state index in [0.717, 1.165) is 31.0 Å². The van der Waals surface area contributed by atoms with Gasteiger partial charge in [0.1, 0.15) is 5.76 Å². The van der Waals surface area contributed by atoms with E-state index < -0.39 is 0 Å². The van der Waals surface area contributed by atoms with Gasteiger partial charge in [-0.15, -0.1) is 0 Å². The summed E-state index contributed by atoms with van der Waals surface area (Å²) in [5.74, 6) is 5.93. The van der Waals surface area contributed by atoms with Gasteiger partial charge in [-0.2, -0.15) is 0 Å². The molecule has 3 N–H and O–H groups in total. The third kappa shape index (κ3) is 3.61. The van der Waals surface area contributed by atoms with Crippen LogP contribution in [0.25, 0.3) is 0 Å². The normalized spacial score (nSPS) is 19.6. The molecule has 2 rings (SSSR count). The molecule has 1 aliphatic heterocycles. The minimum absolute atomic E-state index is 0.317. The number of hydrogen-bond acceptors (Lipinski definition) is 4. The van der Waals surface area contributed by atoms with Crippen molar-refractivity contribution in [3.05, 3.63) is 23.2 Å². The lowest BCUT2D eigenvalue weighted by molar-refractivity contribution is 0.0921. The topological polar surface area (TPSA) is 71.5 Å². The molecule has 0 atom stereocenters. The van der Waals surface area contributed by atoms with Gasteiger partial charge in [-0.3, -0.25) is 15.1 Å². The maximum absolute atomic E-state index is 11.5. The minimum Gasteiger partial charge on any atom is -0.454 e. The van der Waals surface area contributed by atoms with E-state index in [9.17, 15) is 4.79 Å². The highest BCUT2D eigenvalue weighted by Crippen LogP contribution is 2.30. The molecule has 0 bridgehead atoms. The van der Waals surface area contributed by atoms with Crippen LogP contribution in [-0.2, 0) is 6.54 Å². The van der Waals surface area contributed by atoms with Crippen LogP contribution in [0, 0.1) is 12.3 Å². The molecule has 5 nitrogen and oxygen atoms in total. The number of aryl methyl sites for hydroxylation is 1. The fraction of sp³-hybridized carbons (Fsp3) is 0.667. The number of furan rings is 1. The molecule has 0 spiro atoms. The average molecular weight is 279 g/mol. The molecule has 0 aliphatic carbocycles. The number of nitrogens with one attached hydrogen (secondary N) is 1. The van der Waals surface area contributed by atoms with Gasteiger partial charge in [0.05, 0.1) is 6.54 Å². The smallest absolute Gasteiger partial charge is 0.301 e. The Morgan fingerprint density at radius 3 is 2.90 bits per heavy atom. The summed E-state index contributed by atoms with van der Waals surface area (Å²) in [6.07, 6.45) is 3.67. The van der Waals surface area contributed by atoms with Crippen molar-refractivity contribution in [1.29, 1.82) is 0 Å². The van der Waals surface area contributed by atoms with Crippen molar-refractivity contribution < 1.29 is 9.21 Å². The monoisotopic (exact) mass is 279 g/mol. The molecule has 20 heavy (non-hydrogen) atoms. The number of nitrogens with zero attached hydrogens (tertiary/aromatic N) is 1. The Labute approximate surface area is 120 Å². The van der Waals surface area contributed by atoms with E-state index in [0.29, 0.717) is 11.2 Å². The van der Waals surface area contributed by atoms with Crippen molar-refractivity contribution in [3.63, 3.8) is 0 Å². The second kappa shape index (κ2) is 5.97.